The molecule has 3 aliphatic carbocycles. The molecule has 0 aromatic heterocycles. The molecule has 2 heterocycles. The minimum Gasteiger partial charge on any atom is -0.426 e. The Morgan fingerprint density at radius 3 is 1.84 bits per heavy atom. The molecule has 9 rings (SSSR count). The smallest absolute Gasteiger partial charge is 0.316 e. The van der Waals surface area contributed by atoms with E-state index < -0.39 is 23.7 Å². The van der Waals surface area contributed by atoms with Gasteiger partial charge in [0, 0.05) is 36.6 Å². The number of amides is 3. The number of hydrogen-bond donors (Lipinski definition) is 0. The number of carbonyl (C=O) groups excluding carboxylic acids is 4. The fourth-order valence-electron chi connectivity index (χ4n) is 7.84. The summed E-state index contributed by atoms with van der Waals surface area (Å²) in [4.78, 5) is 57.1. The maximum absolute atomic E-state index is 14.1. The van der Waals surface area contributed by atoms with Crippen LogP contribution >= 0.6 is 0 Å². The zero-order valence-electron chi connectivity index (χ0n) is 24.2. The number of nitrogens with zero attached hydrogens (tertiary/aromatic N) is 2. The Bertz CT molecular complexity index is 1750. The molecule has 2 aliphatic heterocycles. The van der Waals surface area contributed by atoms with Gasteiger partial charge in [-0.2, -0.15) is 0 Å². The van der Waals surface area contributed by atoms with Crippen molar-refractivity contribution in [2.45, 2.75) is 31.6 Å². The van der Waals surface area contributed by atoms with Gasteiger partial charge in [0.25, 0.3) is 0 Å². The quantitative estimate of drug-likeness (QED) is 0.174. The van der Waals surface area contributed by atoms with Gasteiger partial charge >= 0.3 is 5.97 Å². The molecule has 5 aliphatic rings. The highest BCUT2D eigenvalue weighted by Gasteiger charge is 2.61. The van der Waals surface area contributed by atoms with Gasteiger partial charge in [0.15, 0.2) is 0 Å². The minimum absolute atomic E-state index is 0.0599. The fourth-order valence-corrected chi connectivity index (χ4v) is 7.84. The van der Waals surface area contributed by atoms with Crippen LogP contribution in [0.5, 0.6) is 5.75 Å². The number of aryl methyl sites for hydroxylation is 1. The molecule has 2 saturated heterocycles. The molecule has 0 unspecified atom stereocenters. The van der Waals surface area contributed by atoms with Gasteiger partial charge in [0.05, 0.1) is 23.4 Å². The third kappa shape index (κ3) is 3.88. The van der Waals surface area contributed by atoms with E-state index in [-0.39, 0.29) is 48.3 Å². The minimum atomic E-state index is -0.623. The number of benzene rings is 4. The molecule has 2 fully saturated rings. The van der Waals surface area contributed by atoms with Crippen LogP contribution in [0.3, 0.4) is 0 Å². The Labute approximate surface area is 255 Å². The van der Waals surface area contributed by atoms with E-state index in [1.165, 1.54) is 10.5 Å². The van der Waals surface area contributed by atoms with E-state index >= 15 is 0 Å². The van der Waals surface area contributed by atoms with Crippen LogP contribution in [0.2, 0.25) is 0 Å². The Morgan fingerprint density at radius 1 is 0.727 bits per heavy atom. The number of anilines is 2. The van der Waals surface area contributed by atoms with Crippen LogP contribution < -0.4 is 14.5 Å². The Kier molecular flexibility index (Phi) is 6.05. The van der Waals surface area contributed by atoms with Crippen LogP contribution in [-0.4, -0.2) is 30.2 Å². The molecule has 3 amide bonds. The standard InChI is InChI=1S/C37H30N2O5/c1-2-21-14-16-23(17-15-21)38-20-22(18-30(38)40)37(43)44-25-9-7-8-24(19-25)39-35(41)33-31-26-10-3-4-11-27(26)32(34(33)36(39)42)29-13-6-5-12-28(29)31/h3-17,19,22,31-34H,2,18,20H2,1H3/t22-,31?,32?,33-,34+/m0/s1. The summed E-state index contributed by atoms with van der Waals surface area (Å²) in [5.74, 6) is -2.87. The van der Waals surface area contributed by atoms with Crippen LogP contribution in [0, 0.1) is 17.8 Å². The first-order valence-electron chi connectivity index (χ1n) is 15.2. The maximum atomic E-state index is 14.1. The van der Waals surface area contributed by atoms with Gasteiger partial charge in [-0.15, -0.1) is 0 Å². The summed E-state index contributed by atoms with van der Waals surface area (Å²) in [6.45, 7) is 2.31. The summed E-state index contributed by atoms with van der Waals surface area (Å²) in [6.07, 6.45) is 0.963. The van der Waals surface area contributed by atoms with Crippen molar-refractivity contribution in [3.05, 3.63) is 125 Å². The van der Waals surface area contributed by atoms with E-state index in [0.717, 1.165) is 34.4 Å². The van der Waals surface area contributed by atoms with Crippen molar-refractivity contribution >= 4 is 35.1 Å². The zero-order chi connectivity index (χ0) is 30.1. The first-order valence-corrected chi connectivity index (χ1v) is 15.2. The lowest BCUT2D eigenvalue weighted by Crippen LogP contribution is -2.41. The lowest BCUT2D eigenvalue weighted by atomic mass is 9.55. The van der Waals surface area contributed by atoms with Gasteiger partial charge in [-0.3, -0.25) is 19.2 Å². The molecule has 4 aromatic carbocycles. The molecule has 44 heavy (non-hydrogen) atoms. The second-order valence-corrected chi connectivity index (χ2v) is 12.1. The molecule has 2 bridgehead atoms. The molecule has 0 spiro atoms. The average Bonchev–Trinajstić information content (AvgIpc) is 3.58. The van der Waals surface area contributed by atoms with Crippen molar-refractivity contribution in [1.82, 2.24) is 0 Å². The molecule has 7 heteroatoms. The predicted octanol–water partition coefficient (Wildman–Crippen LogP) is 5.60. The molecular weight excluding hydrogens is 552 g/mol. The van der Waals surface area contributed by atoms with Crippen LogP contribution in [0.1, 0.15) is 53.0 Å². The first-order chi connectivity index (χ1) is 21.4. The van der Waals surface area contributed by atoms with E-state index in [2.05, 4.69) is 31.2 Å². The summed E-state index contributed by atoms with van der Waals surface area (Å²) in [6, 6.07) is 30.6. The van der Waals surface area contributed by atoms with Crippen molar-refractivity contribution < 1.29 is 23.9 Å². The largest absolute Gasteiger partial charge is 0.426 e. The van der Waals surface area contributed by atoms with Gasteiger partial charge in [-0.05, 0) is 58.5 Å². The van der Waals surface area contributed by atoms with Gasteiger partial charge in [-0.1, -0.05) is 73.7 Å². The van der Waals surface area contributed by atoms with Crippen molar-refractivity contribution in [3.63, 3.8) is 0 Å². The molecule has 0 radical (unpaired) electrons. The predicted molar refractivity (Wildman–Crippen MR) is 164 cm³/mol. The van der Waals surface area contributed by atoms with Gasteiger partial charge < -0.3 is 9.64 Å². The summed E-state index contributed by atoms with van der Waals surface area (Å²) in [5, 5.41) is 0. The number of imide groups is 1. The molecule has 0 N–H and O–H groups in total. The number of hydrogen-bond acceptors (Lipinski definition) is 5. The Morgan fingerprint density at radius 2 is 1.30 bits per heavy atom. The lowest BCUT2D eigenvalue weighted by molar-refractivity contribution is -0.139. The van der Waals surface area contributed by atoms with Gasteiger partial charge in [-0.25, -0.2) is 4.90 Å². The molecule has 0 saturated carbocycles. The summed E-state index contributed by atoms with van der Waals surface area (Å²) >= 11 is 0. The van der Waals surface area contributed by atoms with E-state index in [0.29, 0.717) is 5.69 Å². The number of ether oxygens (including phenoxy) is 1. The number of rotatable bonds is 5. The molecule has 218 valence electrons. The van der Waals surface area contributed by atoms with Gasteiger partial charge in [0.1, 0.15) is 5.75 Å². The molecule has 4 aromatic rings. The highest BCUT2D eigenvalue weighted by Crippen LogP contribution is 2.61. The summed E-state index contributed by atoms with van der Waals surface area (Å²) in [5.41, 5.74) is 6.78. The monoisotopic (exact) mass is 582 g/mol. The zero-order valence-corrected chi connectivity index (χ0v) is 24.2. The summed E-state index contributed by atoms with van der Waals surface area (Å²) in [7, 11) is 0. The van der Waals surface area contributed by atoms with E-state index in [9.17, 15) is 19.2 Å². The SMILES string of the molecule is CCc1ccc(N2C[C@@H](C(=O)Oc3cccc(N4C(=O)[C@@H]5C6c7ccccc7C(c7ccccc76)[C@@H]5C4=O)c3)CC2=O)cc1. The van der Waals surface area contributed by atoms with Crippen LogP contribution in [-0.2, 0) is 25.6 Å². The van der Waals surface area contributed by atoms with Crippen LogP contribution in [0.15, 0.2) is 97.1 Å². The average molecular weight is 583 g/mol. The van der Waals surface area contributed by atoms with Crippen molar-refractivity contribution in [3.8, 4) is 5.75 Å². The number of carbonyl (C=O) groups is 4. The highest BCUT2D eigenvalue weighted by molar-refractivity contribution is 6.23. The topological polar surface area (TPSA) is 84.0 Å². The third-order valence-corrected chi connectivity index (χ3v) is 9.86. The van der Waals surface area contributed by atoms with E-state index in [1.807, 2.05) is 48.5 Å². The van der Waals surface area contributed by atoms with E-state index in [1.54, 1.807) is 29.2 Å². The van der Waals surface area contributed by atoms with Crippen LogP contribution in [0.25, 0.3) is 0 Å². The van der Waals surface area contributed by atoms with Gasteiger partial charge in [0.2, 0.25) is 17.7 Å². The van der Waals surface area contributed by atoms with E-state index in [4.69, 9.17) is 4.74 Å². The lowest BCUT2D eigenvalue weighted by Gasteiger charge is -2.45. The molecule has 7 nitrogen and oxygen atoms in total. The van der Waals surface area contributed by atoms with Crippen molar-refractivity contribution in [2.75, 3.05) is 16.3 Å². The molecule has 3 atom stereocenters. The second kappa shape index (κ2) is 10.0. The Hall–Kier alpha value is -5.04. The first kappa shape index (κ1) is 26.6. The fraction of sp³-hybridized carbons (Fsp3) is 0.243. The summed E-state index contributed by atoms with van der Waals surface area (Å²) < 4.78 is 5.75. The highest BCUT2D eigenvalue weighted by atomic mass is 16.5. The third-order valence-electron chi connectivity index (χ3n) is 9.86. The van der Waals surface area contributed by atoms with Crippen molar-refractivity contribution in [1.29, 1.82) is 0 Å². The van der Waals surface area contributed by atoms with Crippen molar-refractivity contribution in [2.24, 2.45) is 17.8 Å². The number of esters is 1. The molecular formula is C37H30N2O5. The normalized spacial score (nSPS) is 24.8. The maximum Gasteiger partial charge on any atom is 0.316 e. The van der Waals surface area contributed by atoms with Crippen LogP contribution in [0.4, 0.5) is 11.4 Å². The Balaban J connectivity index is 1.04. The second-order valence-electron chi connectivity index (χ2n) is 12.1.